The molecule has 5 aliphatic rings. The Morgan fingerprint density at radius 2 is 0.957 bits per heavy atom. The van der Waals surface area contributed by atoms with Gasteiger partial charge >= 0.3 is 0 Å². The second-order valence-corrected chi connectivity index (χ2v) is 7.55. The number of carbonyl (C=O) groups excluding carboxylic acids is 2. The van der Waals surface area contributed by atoms with Crippen LogP contribution in [0.15, 0.2) is 0 Å². The number of carbonyl (C=O) groups is 2. The highest BCUT2D eigenvalue weighted by molar-refractivity contribution is 5.84. The van der Waals surface area contributed by atoms with E-state index in [1.807, 2.05) is 0 Å². The predicted octanol–water partition coefficient (Wildman–Crippen LogP) is -1.23. The van der Waals surface area contributed by atoms with Crippen molar-refractivity contribution in [2.45, 2.75) is 12.1 Å². The van der Waals surface area contributed by atoms with E-state index in [0.717, 1.165) is 0 Å². The third-order valence-corrected chi connectivity index (χ3v) is 6.25. The van der Waals surface area contributed by atoms with E-state index in [0.29, 0.717) is 63.3 Å². The Morgan fingerprint density at radius 1 is 0.609 bits per heavy atom. The van der Waals surface area contributed by atoms with Gasteiger partial charge in [-0.15, -0.1) is 0 Å². The second-order valence-electron chi connectivity index (χ2n) is 7.55. The van der Waals surface area contributed by atoms with E-state index in [2.05, 4.69) is 10.6 Å². The summed E-state index contributed by atoms with van der Waals surface area (Å²) in [6.07, 6.45) is 0. The van der Waals surface area contributed by atoms with Gasteiger partial charge in [-0.3, -0.25) is 9.59 Å². The minimum absolute atomic E-state index is 0.0924. The van der Waals surface area contributed by atoms with Gasteiger partial charge in [-0.05, 0) is 23.7 Å². The molecular formula is C16H22N2O5. The lowest BCUT2D eigenvalue weighted by molar-refractivity contribution is -0.126. The van der Waals surface area contributed by atoms with Crippen LogP contribution in [0.25, 0.3) is 0 Å². The highest BCUT2D eigenvalue weighted by atomic mass is 16.5. The van der Waals surface area contributed by atoms with Crippen LogP contribution in [0.3, 0.4) is 0 Å². The molecule has 5 rings (SSSR count). The molecule has 2 N–H and O–H groups in total. The maximum Gasteiger partial charge on any atom is 0.224 e. The fraction of sp³-hybridized carbons (Fsp3) is 0.875. The predicted molar refractivity (Wildman–Crippen MR) is 77.3 cm³/mol. The maximum absolute atomic E-state index is 12.4. The highest BCUT2D eigenvalue weighted by Gasteiger charge is 2.59. The topological polar surface area (TPSA) is 85.9 Å². The van der Waals surface area contributed by atoms with Crippen LogP contribution in [0.4, 0.5) is 0 Å². The first-order valence-electron chi connectivity index (χ1n) is 8.58. The summed E-state index contributed by atoms with van der Waals surface area (Å²) in [7, 11) is 0. The molecule has 3 saturated heterocycles. The van der Waals surface area contributed by atoms with Crippen LogP contribution in [0, 0.1) is 35.5 Å². The summed E-state index contributed by atoms with van der Waals surface area (Å²) in [6, 6.07) is -0.243. The first kappa shape index (κ1) is 14.2. The lowest BCUT2D eigenvalue weighted by atomic mass is 10.1. The fourth-order valence-electron chi connectivity index (χ4n) is 4.65. The third-order valence-electron chi connectivity index (χ3n) is 6.25. The molecule has 2 unspecified atom stereocenters. The Bertz CT molecular complexity index is 475. The third kappa shape index (κ3) is 2.28. The van der Waals surface area contributed by atoms with Gasteiger partial charge in [-0.1, -0.05) is 0 Å². The molecule has 0 aromatic carbocycles. The molecule has 2 amide bonds. The largest absolute Gasteiger partial charge is 0.381 e. The lowest BCUT2D eigenvalue weighted by Gasteiger charge is -2.21. The summed E-state index contributed by atoms with van der Waals surface area (Å²) in [5.74, 6) is 1.98. The molecule has 126 valence electrons. The van der Waals surface area contributed by atoms with Crippen molar-refractivity contribution in [2.75, 3.05) is 39.6 Å². The van der Waals surface area contributed by atoms with E-state index in [1.165, 1.54) is 0 Å². The van der Waals surface area contributed by atoms with Gasteiger partial charge in [0.25, 0.3) is 0 Å². The number of rotatable bonds is 4. The molecule has 0 aromatic heterocycles. The average molecular weight is 322 g/mol. The van der Waals surface area contributed by atoms with E-state index >= 15 is 0 Å². The van der Waals surface area contributed by atoms with Crippen molar-refractivity contribution in [2.24, 2.45) is 35.5 Å². The highest BCUT2D eigenvalue weighted by Crippen LogP contribution is 2.51. The van der Waals surface area contributed by atoms with Crippen molar-refractivity contribution in [1.82, 2.24) is 10.6 Å². The van der Waals surface area contributed by atoms with Gasteiger partial charge in [0.2, 0.25) is 11.8 Å². The Kier molecular flexibility index (Phi) is 3.18. The molecule has 2 saturated carbocycles. The van der Waals surface area contributed by atoms with Gasteiger partial charge in [0, 0.05) is 11.8 Å². The summed E-state index contributed by atoms with van der Waals surface area (Å²) in [6.45, 7) is 3.76. The van der Waals surface area contributed by atoms with Crippen molar-refractivity contribution in [1.29, 1.82) is 0 Å². The van der Waals surface area contributed by atoms with Crippen molar-refractivity contribution in [3.8, 4) is 0 Å². The first-order valence-corrected chi connectivity index (χ1v) is 8.58. The molecule has 0 spiro atoms. The smallest absolute Gasteiger partial charge is 0.224 e. The van der Waals surface area contributed by atoms with E-state index < -0.39 is 0 Å². The monoisotopic (exact) mass is 322 g/mol. The van der Waals surface area contributed by atoms with Gasteiger partial charge in [-0.2, -0.15) is 0 Å². The lowest BCUT2D eigenvalue weighted by Crippen LogP contribution is -2.52. The van der Waals surface area contributed by atoms with E-state index in [9.17, 15) is 9.59 Å². The van der Waals surface area contributed by atoms with Crippen LogP contribution in [0.2, 0.25) is 0 Å². The van der Waals surface area contributed by atoms with Crippen LogP contribution < -0.4 is 10.6 Å². The molecule has 7 heteroatoms. The summed E-state index contributed by atoms with van der Waals surface area (Å²) in [5.41, 5.74) is 0. The van der Waals surface area contributed by atoms with Crippen LogP contribution in [-0.2, 0) is 23.8 Å². The minimum atomic E-state index is -0.122. The molecule has 23 heavy (non-hydrogen) atoms. The number of fused-ring (bicyclic) bond motifs is 2. The van der Waals surface area contributed by atoms with Crippen LogP contribution >= 0.6 is 0 Å². The van der Waals surface area contributed by atoms with Gasteiger partial charge in [-0.25, -0.2) is 0 Å². The second kappa shape index (κ2) is 5.16. The Balaban J connectivity index is 1.15. The molecule has 7 nitrogen and oxygen atoms in total. The number of ether oxygens (including phenoxy) is 3. The number of amides is 2. The molecule has 0 radical (unpaired) electrons. The Labute approximate surface area is 134 Å². The van der Waals surface area contributed by atoms with Gasteiger partial charge < -0.3 is 24.8 Å². The average Bonchev–Trinajstić information content (AvgIpc) is 3.08. The van der Waals surface area contributed by atoms with Gasteiger partial charge in [0.1, 0.15) is 0 Å². The van der Waals surface area contributed by atoms with Crippen LogP contribution in [0.1, 0.15) is 0 Å². The Morgan fingerprint density at radius 3 is 1.35 bits per heavy atom. The van der Waals surface area contributed by atoms with Crippen LogP contribution in [0.5, 0.6) is 0 Å². The summed E-state index contributed by atoms with van der Waals surface area (Å²) < 4.78 is 16.1. The van der Waals surface area contributed by atoms with Gasteiger partial charge in [0.05, 0.1) is 51.7 Å². The molecule has 3 aliphatic heterocycles. The molecule has 0 aromatic rings. The van der Waals surface area contributed by atoms with E-state index in [1.54, 1.807) is 0 Å². The van der Waals surface area contributed by atoms with E-state index in [-0.39, 0.29) is 35.7 Å². The van der Waals surface area contributed by atoms with Crippen LogP contribution in [-0.4, -0.2) is 63.5 Å². The Hall–Kier alpha value is -1.18. The summed E-state index contributed by atoms with van der Waals surface area (Å²) >= 11 is 0. The molecule has 3 heterocycles. The SMILES string of the molecule is O=C(N[C@H]1COC[C@H]1NC(=O)C1[C@H]2COC[C@@H]12)C1[C@H]2COC[C@@H]12. The zero-order valence-electron chi connectivity index (χ0n) is 12.9. The zero-order valence-corrected chi connectivity index (χ0v) is 12.9. The van der Waals surface area contributed by atoms with Crippen molar-refractivity contribution in [3.05, 3.63) is 0 Å². The quantitative estimate of drug-likeness (QED) is 0.677. The standard InChI is InChI=1S/C16H22N2O5/c19-15(13-7-1-21-2-8(7)13)17-11-5-23-6-12(11)18-16(20)14-9-3-22-4-10(9)14/h7-14H,1-6H2,(H,17,19)(H,18,20)/t7-,8+,9-,10+,11-,12+,13?,14?. The molecule has 5 fully saturated rings. The maximum atomic E-state index is 12.4. The number of hydrogen-bond donors (Lipinski definition) is 2. The zero-order chi connectivity index (χ0) is 15.6. The van der Waals surface area contributed by atoms with E-state index in [4.69, 9.17) is 14.2 Å². The molecule has 8 atom stereocenters. The van der Waals surface area contributed by atoms with Gasteiger partial charge in [0.15, 0.2) is 0 Å². The van der Waals surface area contributed by atoms with Crippen molar-refractivity contribution in [3.63, 3.8) is 0 Å². The normalized spacial score (nSPS) is 49.4. The molecule has 2 aliphatic carbocycles. The first-order chi connectivity index (χ1) is 11.2. The molecule has 0 bridgehead atoms. The number of hydrogen-bond acceptors (Lipinski definition) is 5. The van der Waals surface area contributed by atoms with Crippen molar-refractivity contribution < 1.29 is 23.8 Å². The van der Waals surface area contributed by atoms with Crippen molar-refractivity contribution >= 4 is 11.8 Å². The number of nitrogens with one attached hydrogen (secondary N) is 2. The molecular weight excluding hydrogens is 300 g/mol. The summed E-state index contributed by atoms with van der Waals surface area (Å²) in [4.78, 5) is 24.7. The summed E-state index contributed by atoms with van der Waals surface area (Å²) in [5, 5.41) is 6.15. The fourth-order valence-corrected chi connectivity index (χ4v) is 4.65. The minimum Gasteiger partial charge on any atom is -0.381 e.